The number of hydrogen-bond acceptors (Lipinski definition) is 5. The molecule has 1 amide bonds. The number of amides is 1. The van der Waals surface area contributed by atoms with Gasteiger partial charge in [0.2, 0.25) is 5.91 Å². The summed E-state index contributed by atoms with van der Waals surface area (Å²) in [6.45, 7) is 6.62. The lowest BCUT2D eigenvalue weighted by atomic mass is 10.1. The summed E-state index contributed by atoms with van der Waals surface area (Å²) in [6.07, 6.45) is 0.594. The van der Waals surface area contributed by atoms with Crippen molar-refractivity contribution < 1.29 is 14.3 Å². The molecular weight excluding hydrogens is 360 g/mol. The molecule has 0 unspecified atom stereocenters. The van der Waals surface area contributed by atoms with Crippen molar-refractivity contribution in [2.45, 2.75) is 19.8 Å². The van der Waals surface area contributed by atoms with Gasteiger partial charge >= 0.3 is 0 Å². The predicted octanol–water partition coefficient (Wildman–Crippen LogP) is 3.24. The van der Waals surface area contributed by atoms with Crippen LogP contribution >= 0.6 is 11.3 Å². The van der Waals surface area contributed by atoms with Gasteiger partial charge in [-0.05, 0) is 31.2 Å². The van der Waals surface area contributed by atoms with Crippen molar-refractivity contribution in [2.24, 2.45) is 0 Å². The van der Waals surface area contributed by atoms with E-state index in [0.717, 1.165) is 48.2 Å². The van der Waals surface area contributed by atoms with E-state index in [0.29, 0.717) is 19.4 Å². The lowest BCUT2D eigenvalue weighted by Gasteiger charge is -2.34. The fourth-order valence-corrected chi connectivity index (χ4v) is 3.95. The molecule has 6 heteroatoms. The first-order valence-electron chi connectivity index (χ1n) is 9.39. The van der Waals surface area contributed by atoms with Crippen LogP contribution < -0.4 is 4.74 Å². The summed E-state index contributed by atoms with van der Waals surface area (Å²) >= 11 is 1.50. The van der Waals surface area contributed by atoms with Gasteiger partial charge in [-0.25, -0.2) is 0 Å². The molecular formula is C21H26N2O3S. The lowest BCUT2D eigenvalue weighted by molar-refractivity contribution is -0.132. The van der Waals surface area contributed by atoms with Crippen LogP contribution in [-0.2, 0) is 4.79 Å². The number of carbonyl (C=O) groups excluding carboxylic acids is 2. The molecule has 0 spiro atoms. The maximum atomic E-state index is 12.4. The molecule has 2 aromatic rings. The maximum absolute atomic E-state index is 12.4. The van der Waals surface area contributed by atoms with Crippen molar-refractivity contribution in [3.63, 3.8) is 0 Å². The van der Waals surface area contributed by atoms with Crippen LogP contribution in [0.3, 0.4) is 0 Å². The Balaban J connectivity index is 1.33. The third-order valence-electron chi connectivity index (χ3n) is 4.73. The molecule has 1 fully saturated rings. The van der Waals surface area contributed by atoms with Gasteiger partial charge < -0.3 is 9.64 Å². The number of carbonyl (C=O) groups is 2. The Hall–Kier alpha value is -2.18. The number of ketones is 1. The number of piperazine rings is 1. The largest absolute Gasteiger partial charge is 0.492 e. The highest BCUT2D eigenvalue weighted by molar-refractivity contribution is 7.14. The Labute approximate surface area is 164 Å². The van der Waals surface area contributed by atoms with Crippen LogP contribution in [0.2, 0.25) is 0 Å². The number of para-hydroxylation sites is 1. The van der Waals surface area contributed by atoms with Crippen LogP contribution in [0.4, 0.5) is 0 Å². The summed E-state index contributed by atoms with van der Waals surface area (Å²) in [4.78, 5) is 30.6. The van der Waals surface area contributed by atoms with E-state index in [1.54, 1.807) is 0 Å². The summed E-state index contributed by atoms with van der Waals surface area (Å²) < 4.78 is 5.73. The van der Waals surface area contributed by atoms with Gasteiger partial charge in [0.15, 0.2) is 5.78 Å². The zero-order valence-corrected chi connectivity index (χ0v) is 16.5. The number of hydrogen-bond donors (Lipinski definition) is 0. The number of thiophene rings is 1. The number of aryl methyl sites for hydroxylation is 1. The summed E-state index contributed by atoms with van der Waals surface area (Å²) in [6, 6.07) is 13.6. The molecule has 144 valence electrons. The van der Waals surface area contributed by atoms with Crippen LogP contribution in [0.25, 0.3) is 0 Å². The van der Waals surface area contributed by atoms with Gasteiger partial charge in [-0.1, -0.05) is 18.2 Å². The molecule has 5 nitrogen and oxygen atoms in total. The van der Waals surface area contributed by atoms with Gasteiger partial charge in [-0.2, -0.15) is 0 Å². The fraction of sp³-hybridized carbons (Fsp3) is 0.429. The molecule has 1 saturated heterocycles. The zero-order valence-electron chi connectivity index (χ0n) is 15.7. The Morgan fingerprint density at radius 1 is 1.00 bits per heavy atom. The molecule has 0 aliphatic carbocycles. The Morgan fingerprint density at radius 3 is 2.41 bits per heavy atom. The molecule has 3 rings (SSSR count). The van der Waals surface area contributed by atoms with Crippen LogP contribution in [0.5, 0.6) is 5.75 Å². The number of Topliss-reactive ketones (excluding diaryl/α,β-unsaturated/α-hetero) is 1. The van der Waals surface area contributed by atoms with E-state index in [9.17, 15) is 9.59 Å². The minimum atomic E-state index is 0.0677. The second kappa shape index (κ2) is 9.67. The van der Waals surface area contributed by atoms with E-state index in [-0.39, 0.29) is 11.7 Å². The van der Waals surface area contributed by atoms with E-state index in [1.165, 1.54) is 11.3 Å². The molecule has 0 N–H and O–H groups in total. The van der Waals surface area contributed by atoms with Crippen LogP contribution in [0.15, 0.2) is 42.5 Å². The molecule has 0 saturated carbocycles. The number of rotatable bonds is 8. The third-order valence-corrected chi connectivity index (χ3v) is 5.77. The standard InChI is InChI=1S/C21H26N2O3S/c1-17-7-9-20(27-17)19(24)8-10-21(25)23-13-11-22(12-14-23)15-16-26-18-5-3-2-4-6-18/h2-7,9H,8,10-16H2,1H3. The Bertz CT molecular complexity index is 752. The van der Waals surface area contributed by atoms with Crippen molar-refractivity contribution in [1.82, 2.24) is 9.80 Å². The predicted molar refractivity (Wildman–Crippen MR) is 108 cm³/mol. The first-order chi connectivity index (χ1) is 13.1. The normalized spacial score (nSPS) is 14.9. The summed E-state index contributed by atoms with van der Waals surface area (Å²) in [5.74, 6) is 1.03. The molecule has 1 aliphatic rings. The maximum Gasteiger partial charge on any atom is 0.223 e. The Morgan fingerprint density at radius 2 is 1.74 bits per heavy atom. The second-order valence-electron chi connectivity index (χ2n) is 6.72. The smallest absolute Gasteiger partial charge is 0.223 e. The second-order valence-corrected chi connectivity index (χ2v) is 8.01. The number of ether oxygens (including phenoxy) is 1. The van der Waals surface area contributed by atoms with Gasteiger partial charge in [0.1, 0.15) is 12.4 Å². The van der Waals surface area contributed by atoms with Gasteiger partial charge in [0.25, 0.3) is 0 Å². The molecule has 0 atom stereocenters. The molecule has 27 heavy (non-hydrogen) atoms. The molecule has 1 aromatic carbocycles. The summed E-state index contributed by atoms with van der Waals surface area (Å²) in [5.41, 5.74) is 0. The quantitative estimate of drug-likeness (QED) is 0.654. The van der Waals surface area contributed by atoms with Crippen LogP contribution in [0.1, 0.15) is 27.4 Å². The van der Waals surface area contributed by atoms with Gasteiger partial charge in [0, 0.05) is 50.4 Å². The first kappa shape index (κ1) is 19.6. The summed E-state index contributed by atoms with van der Waals surface area (Å²) in [7, 11) is 0. The highest BCUT2D eigenvalue weighted by atomic mass is 32.1. The molecule has 0 radical (unpaired) electrons. The van der Waals surface area contributed by atoms with Crippen molar-refractivity contribution in [2.75, 3.05) is 39.3 Å². The minimum Gasteiger partial charge on any atom is -0.492 e. The first-order valence-corrected chi connectivity index (χ1v) is 10.2. The van der Waals surface area contributed by atoms with E-state index >= 15 is 0 Å². The Kier molecular flexibility index (Phi) is 7.01. The fourth-order valence-electron chi connectivity index (χ4n) is 3.12. The van der Waals surface area contributed by atoms with Crippen LogP contribution in [-0.4, -0.2) is 60.8 Å². The van der Waals surface area contributed by atoms with E-state index in [1.807, 2.05) is 54.3 Å². The number of nitrogens with zero attached hydrogens (tertiary/aromatic N) is 2. The van der Waals surface area contributed by atoms with Crippen molar-refractivity contribution in [3.8, 4) is 5.75 Å². The van der Waals surface area contributed by atoms with Crippen LogP contribution in [0, 0.1) is 6.92 Å². The van der Waals surface area contributed by atoms with E-state index in [2.05, 4.69) is 4.90 Å². The van der Waals surface area contributed by atoms with Gasteiger partial charge in [0.05, 0.1) is 4.88 Å². The highest BCUT2D eigenvalue weighted by Crippen LogP contribution is 2.18. The van der Waals surface area contributed by atoms with Gasteiger partial charge in [-0.3, -0.25) is 14.5 Å². The van der Waals surface area contributed by atoms with E-state index in [4.69, 9.17) is 4.74 Å². The van der Waals surface area contributed by atoms with Crippen molar-refractivity contribution in [1.29, 1.82) is 0 Å². The minimum absolute atomic E-state index is 0.0677. The topological polar surface area (TPSA) is 49.9 Å². The highest BCUT2D eigenvalue weighted by Gasteiger charge is 2.21. The van der Waals surface area contributed by atoms with Gasteiger partial charge in [-0.15, -0.1) is 11.3 Å². The molecule has 1 aliphatic heterocycles. The zero-order chi connectivity index (χ0) is 19.1. The monoisotopic (exact) mass is 386 g/mol. The molecule has 2 heterocycles. The van der Waals surface area contributed by atoms with Crippen molar-refractivity contribution in [3.05, 3.63) is 52.2 Å². The number of benzene rings is 1. The van der Waals surface area contributed by atoms with Crippen molar-refractivity contribution >= 4 is 23.0 Å². The summed E-state index contributed by atoms with van der Waals surface area (Å²) in [5, 5.41) is 0. The SMILES string of the molecule is Cc1ccc(C(=O)CCC(=O)N2CCN(CCOc3ccccc3)CC2)s1. The molecule has 0 bridgehead atoms. The average molecular weight is 387 g/mol. The lowest BCUT2D eigenvalue weighted by Crippen LogP contribution is -2.49. The van der Waals surface area contributed by atoms with E-state index < -0.39 is 0 Å². The molecule has 1 aromatic heterocycles. The average Bonchev–Trinajstić information content (AvgIpc) is 3.14. The third kappa shape index (κ3) is 5.91.